The second kappa shape index (κ2) is 2.10. The molecule has 1 aromatic rings. The summed E-state index contributed by atoms with van der Waals surface area (Å²) in [7, 11) is 0. The Morgan fingerprint density at radius 2 is 1.67 bits per heavy atom. The lowest BCUT2D eigenvalue weighted by Gasteiger charge is -2.02. The fourth-order valence-electron chi connectivity index (χ4n) is 1.02. The van der Waals surface area contributed by atoms with Gasteiger partial charge in [-0.1, -0.05) is 0 Å². The molecule has 3 N–H and O–H groups in total. The molecule has 1 heterocycles. The molecule has 0 bridgehead atoms. The van der Waals surface area contributed by atoms with Gasteiger partial charge in [-0.25, -0.2) is 0 Å². The van der Waals surface area contributed by atoms with E-state index in [0.717, 1.165) is 6.07 Å². The Labute approximate surface area is 67.4 Å². The van der Waals surface area contributed by atoms with Crippen molar-refractivity contribution in [1.82, 2.24) is 0 Å². The van der Waals surface area contributed by atoms with Gasteiger partial charge in [0.05, 0.1) is 0 Å². The SMILES string of the molecule is Oc1cc(O)c2c(c1O)OCO2. The predicted molar refractivity (Wildman–Crippen MR) is 37.6 cm³/mol. The number of aromatic hydroxyl groups is 3. The maximum atomic E-state index is 9.18. The van der Waals surface area contributed by atoms with Crippen molar-refractivity contribution in [3.63, 3.8) is 0 Å². The van der Waals surface area contributed by atoms with Crippen LogP contribution in [0, 0.1) is 0 Å². The van der Waals surface area contributed by atoms with Crippen LogP contribution < -0.4 is 9.47 Å². The minimum atomic E-state index is -0.434. The molecule has 0 aromatic heterocycles. The molecular formula is C7H6O5. The van der Waals surface area contributed by atoms with Crippen molar-refractivity contribution in [1.29, 1.82) is 0 Å². The van der Waals surface area contributed by atoms with Crippen LogP contribution in [0.25, 0.3) is 0 Å². The third kappa shape index (κ3) is 0.730. The number of rotatable bonds is 0. The lowest BCUT2D eigenvalue weighted by Crippen LogP contribution is -1.93. The number of ether oxygens (including phenoxy) is 2. The molecule has 0 atom stereocenters. The highest BCUT2D eigenvalue weighted by atomic mass is 16.7. The monoisotopic (exact) mass is 170 g/mol. The normalized spacial score (nSPS) is 13.3. The van der Waals surface area contributed by atoms with Crippen LogP contribution >= 0.6 is 0 Å². The topological polar surface area (TPSA) is 79.2 Å². The summed E-state index contributed by atoms with van der Waals surface area (Å²) in [6, 6.07) is 0.989. The maximum Gasteiger partial charge on any atom is 0.231 e. The first-order valence-corrected chi connectivity index (χ1v) is 3.23. The molecular weight excluding hydrogens is 164 g/mol. The van der Waals surface area contributed by atoms with Crippen molar-refractivity contribution < 1.29 is 24.8 Å². The van der Waals surface area contributed by atoms with E-state index in [1.807, 2.05) is 0 Å². The lowest BCUT2D eigenvalue weighted by molar-refractivity contribution is 0.169. The first-order chi connectivity index (χ1) is 5.70. The highest BCUT2D eigenvalue weighted by Gasteiger charge is 2.24. The maximum absolute atomic E-state index is 9.18. The third-order valence-corrected chi connectivity index (χ3v) is 1.58. The van der Waals surface area contributed by atoms with Crippen LogP contribution in [-0.4, -0.2) is 22.1 Å². The van der Waals surface area contributed by atoms with Gasteiger partial charge in [0.1, 0.15) is 0 Å². The van der Waals surface area contributed by atoms with Crippen LogP contribution in [-0.2, 0) is 0 Å². The van der Waals surface area contributed by atoms with E-state index in [1.54, 1.807) is 0 Å². The molecule has 0 saturated carbocycles. The van der Waals surface area contributed by atoms with Gasteiger partial charge in [0.25, 0.3) is 0 Å². The number of fused-ring (bicyclic) bond motifs is 1. The van der Waals surface area contributed by atoms with Crippen molar-refractivity contribution in [2.45, 2.75) is 0 Å². The lowest BCUT2D eigenvalue weighted by atomic mass is 10.2. The fraction of sp³-hybridized carbons (Fsp3) is 0.143. The second-order valence-corrected chi connectivity index (χ2v) is 2.33. The molecule has 0 radical (unpaired) electrons. The fourth-order valence-corrected chi connectivity index (χ4v) is 1.02. The first-order valence-electron chi connectivity index (χ1n) is 3.23. The molecule has 64 valence electrons. The highest BCUT2D eigenvalue weighted by molar-refractivity contribution is 5.64. The molecule has 0 saturated heterocycles. The van der Waals surface area contributed by atoms with Crippen LogP contribution in [0.15, 0.2) is 6.07 Å². The van der Waals surface area contributed by atoms with Crippen molar-refractivity contribution in [2.24, 2.45) is 0 Å². The minimum absolute atomic E-state index is 0.0208. The van der Waals surface area contributed by atoms with Crippen molar-refractivity contribution in [3.05, 3.63) is 6.07 Å². The minimum Gasteiger partial charge on any atom is -0.504 e. The average Bonchev–Trinajstić information content (AvgIpc) is 2.48. The van der Waals surface area contributed by atoms with Gasteiger partial charge in [-0.05, 0) is 0 Å². The van der Waals surface area contributed by atoms with Gasteiger partial charge in [-0.3, -0.25) is 0 Å². The van der Waals surface area contributed by atoms with Crippen LogP contribution in [0.4, 0.5) is 0 Å². The molecule has 0 unspecified atom stereocenters. The van der Waals surface area contributed by atoms with E-state index in [-0.39, 0.29) is 24.0 Å². The molecule has 5 heteroatoms. The molecule has 1 aromatic carbocycles. The Bertz CT molecular complexity index is 333. The van der Waals surface area contributed by atoms with Gasteiger partial charge in [0.15, 0.2) is 11.5 Å². The van der Waals surface area contributed by atoms with E-state index in [2.05, 4.69) is 0 Å². The van der Waals surface area contributed by atoms with E-state index in [4.69, 9.17) is 19.7 Å². The van der Waals surface area contributed by atoms with Gasteiger partial charge in [-0.15, -0.1) is 0 Å². The summed E-state index contributed by atoms with van der Waals surface area (Å²) >= 11 is 0. The average molecular weight is 170 g/mol. The quantitative estimate of drug-likeness (QED) is 0.391. The smallest absolute Gasteiger partial charge is 0.231 e. The van der Waals surface area contributed by atoms with Crippen LogP contribution in [0.1, 0.15) is 0 Å². The van der Waals surface area contributed by atoms with Gasteiger partial charge < -0.3 is 24.8 Å². The molecule has 0 fully saturated rings. The molecule has 1 aliphatic rings. The molecule has 12 heavy (non-hydrogen) atoms. The zero-order valence-electron chi connectivity index (χ0n) is 5.94. The van der Waals surface area contributed by atoms with Gasteiger partial charge in [-0.2, -0.15) is 0 Å². The molecule has 0 aliphatic carbocycles. The molecule has 5 nitrogen and oxygen atoms in total. The van der Waals surface area contributed by atoms with Crippen LogP contribution in [0.5, 0.6) is 28.7 Å². The van der Waals surface area contributed by atoms with Gasteiger partial charge in [0.2, 0.25) is 24.0 Å². The third-order valence-electron chi connectivity index (χ3n) is 1.58. The Morgan fingerprint density at radius 1 is 1.00 bits per heavy atom. The summed E-state index contributed by atoms with van der Waals surface area (Å²) in [4.78, 5) is 0. The van der Waals surface area contributed by atoms with E-state index < -0.39 is 11.5 Å². The zero-order chi connectivity index (χ0) is 8.72. The zero-order valence-corrected chi connectivity index (χ0v) is 5.94. The molecule has 2 rings (SSSR count). The van der Waals surface area contributed by atoms with E-state index in [1.165, 1.54) is 0 Å². The Balaban J connectivity index is 2.69. The van der Waals surface area contributed by atoms with Crippen molar-refractivity contribution in [2.75, 3.05) is 6.79 Å². The number of hydrogen-bond acceptors (Lipinski definition) is 5. The first kappa shape index (κ1) is 6.90. The number of benzene rings is 1. The summed E-state index contributed by atoms with van der Waals surface area (Å²) in [6.07, 6.45) is 0. The van der Waals surface area contributed by atoms with Crippen molar-refractivity contribution >= 4 is 0 Å². The summed E-state index contributed by atoms with van der Waals surface area (Å²) in [5.41, 5.74) is 0. The van der Waals surface area contributed by atoms with Gasteiger partial charge >= 0.3 is 0 Å². The van der Waals surface area contributed by atoms with Crippen LogP contribution in [0.3, 0.4) is 0 Å². The second-order valence-electron chi connectivity index (χ2n) is 2.33. The van der Waals surface area contributed by atoms with E-state index >= 15 is 0 Å². The summed E-state index contributed by atoms with van der Waals surface area (Å²) in [6.45, 7) is -0.0695. The molecule has 0 amide bonds. The standard InChI is InChI=1S/C7H6O5/c8-3-1-4(9)6-7(5(3)10)12-2-11-6/h1,8-10H,2H2. The predicted octanol–water partition coefficient (Wildman–Crippen LogP) is 0.532. The summed E-state index contributed by atoms with van der Waals surface area (Å²) in [5.74, 6) is -1.06. The Kier molecular flexibility index (Phi) is 1.21. The highest BCUT2D eigenvalue weighted by Crippen LogP contribution is 2.50. The Morgan fingerprint density at radius 3 is 2.42 bits per heavy atom. The largest absolute Gasteiger partial charge is 0.504 e. The summed E-state index contributed by atoms with van der Waals surface area (Å²) in [5, 5.41) is 27.4. The molecule has 1 aliphatic heterocycles. The van der Waals surface area contributed by atoms with Crippen LogP contribution in [0.2, 0.25) is 0 Å². The number of phenols is 3. The number of hydrogen-bond donors (Lipinski definition) is 3. The van der Waals surface area contributed by atoms with E-state index in [0.29, 0.717) is 0 Å². The molecule has 0 spiro atoms. The van der Waals surface area contributed by atoms with E-state index in [9.17, 15) is 5.11 Å². The van der Waals surface area contributed by atoms with Crippen molar-refractivity contribution in [3.8, 4) is 28.7 Å². The van der Waals surface area contributed by atoms with Gasteiger partial charge in [0, 0.05) is 6.07 Å². The number of phenolic OH excluding ortho intramolecular Hbond substituents is 3. The Hall–Kier alpha value is -1.78. The summed E-state index contributed by atoms with van der Waals surface area (Å²) < 4.78 is 9.62.